The molecule has 3 aromatic rings. The molecule has 0 aliphatic heterocycles. The maximum Gasteiger partial charge on any atom is 0.163 e. The van der Waals surface area contributed by atoms with Crippen LogP contribution in [0.4, 0.5) is 0 Å². The lowest BCUT2D eigenvalue weighted by Crippen LogP contribution is -1.90. The number of rotatable bonds is 3. The summed E-state index contributed by atoms with van der Waals surface area (Å²) in [4.78, 5) is 0. The second-order valence-corrected chi connectivity index (χ2v) is 10.3. The van der Waals surface area contributed by atoms with Gasteiger partial charge in [0, 0.05) is 11.7 Å². The van der Waals surface area contributed by atoms with Crippen LogP contribution in [0.1, 0.15) is 32.8 Å². The number of aryl methyl sites for hydroxylation is 4. The Labute approximate surface area is 143 Å². The van der Waals surface area contributed by atoms with Gasteiger partial charge in [0.1, 0.15) is 11.6 Å². The molecule has 116 valence electrons. The standard InChI is InChI=1S/C20H22P3/c1-14-10-19(22-12-15(14)2)11-18-7-9-23(13-16(18)3)20-6-5-8-21-17(20)4/h5-10,12-13H,11H2,1-4H3/q+1. The van der Waals surface area contributed by atoms with E-state index < -0.39 is 0 Å². The average Bonchev–Trinajstić information content (AvgIpc) is 2.53. The molecule has 3 aromatic heterocycles. The topological polar surface area (TPSA) is 0 Å². The summed E-state index contributed by atoms with van der Waals surface area (Å²) in [5, 5.41) is 4.53. The minimum absolute atomic E-state index is 0.271. The lowest BCUT2D eigenvalue weighted by atomic mass is 10.1. The Hall–Kier alpha value is -1.05. The minimum Gasteiger partial charge on any atom is -0.0723 e. The van der Waals surface area contributed by atoms with E-state index in [9.17, 15) is 0 Å². The van der Waals surface area contributed by atoms with Crippen molar-refractivity contribution < 1.29 is 0 Å². The van der Waals surface area contributed by atoms with E-state index >= 15 is 0 Å². The van der Waals surface area contributed by atoms with E-state index in [0.29, 0.717) is 0 Å². The Balaban J connectivity index is 1.90. The van der Waals surface area contributed by atoms with Crippen LogP contribution in [0.3, 0.4) is 0 Å². The van der Waals surface area contributed by atoms with E-state index in [2.05, 4.69) is 75.2 Å². The molecule has 0 aliphatic rings. The molecule has 3 rings (SSSR count). The Morgan fingerprint density at radius 2 is 1.78 bits per heavy atom. The van der Waals surface area contributed by atoms with Crippen molar-refractivity contribution in [2.45, 2.75) is 34.1 Å². The predicted molar refractivity (Wildman–Crippen MR) is 108 cm³/mol. The smallest absolute Gasteiger partial charge is 0.0723 e. The molecule has 0 bridgehead atoms. The molecule has 23 heavy (non-hydrogen) atoms. The van der Waals surface area contributed by atoms with E-state index in [1.54, 1.807) is 0 Å². The zero-order valence-corrected chi connectivity index (χ0v) is 16.9. The SMILES string of the molecule is Cc1cpc(Cc2cc[p+](-c3cccpc3C)cc2C)cc1C. The fourth-order valence-electron chi connectivity index (χ4n) is 2.71. The summed E-state index contributed by atoms with van der Waals surface area (Å²) < 4.78 is 0. The molecule has 0 amide bonds. The number of hydrogen-bond donors (Lipinski definition) is 0. The van der Waals surface area contributed by atoms with Gasteiger partial charge >= 0.3 is 0 Å². The van der Waals surface area contributed by atoms with Crippen molar-refractivity contribution in [3.05, 3.63) is 80.3 Å². The summed E-state index contributed by atoms with van der Waals surface area (Å²) in [6, 6.07) is 9.24. The van der Waals surface area contributed by atoms with Gasteiger partial charge in [-0.25, -0.2) is 0 Å². The molecule has 1 atom stereocenters. The third-order valence-electron chi connectivity index (χ3n) is 4.33. The Morgan fingerprint density at radius 1 is 0.957 bits per heavy atom. The Bertz CT molecular complexity index is 853. The fraction of sp³-hybridized carbons (Fsp3) is 0.250. The zero-order valence-electron chi connectivity index (χ0n) is 14.2. The minimum atomic E-state index is -0.271. The zero-order chi connectivity index (χ0) is 16.4. The molecule has 0 N–H and O–H groups in total. The molecule has 3 heteroatoms. The highest BCUT2D eigenvalue weighted by Crippen LogP contribution is 2.44. The van der Waals surface area contributed by atoms with Crippen LogP contribution in [0.15, 0.2) is 47.5 Å². The maximum atomic E-state index is 2.49. The largest absolute Gasteiger partial charge is 0.163 e. The first-order chi connectivity index (χ1) is 11.0. The second kappa shape index (κ2) is 7.23. The summed E-state index contributed by atoms with van der Waals surface area (Å²) in [6.45, 7) is 8.95. The maximum absolute atomic E-state index is 2.49. The average molecular weight is 355 g/mol. The van der Waals surface area contributed by atoms with Crippen LogP contribution in [0.2, 0.25) is 0 Å². The Morgan fingerprint density at radius 3 is 2.48 bits per heavy atom. The van der Waals surface area contributed by atoms with Gasteiger partial charge in [0.15, 0.2) is 12.8 Å². The van der Waals surface area contributed by atoms with Crippen molar-refractivity contribution in [3.8, 4) is 5.30 Å². The van der Waals surface area contributed by atoms with Crippen molar-refractivity contribution in [2.24, 2.45) is 0 Å². The molecule has 3 heterocycles. The summed E-state index contributed by atoms with van der Waals surface area (Å²) >= 11 is 0. The van der Waals surface area contributed by atoms with E-state index in [0.717, 1.165) is 6.42 Å². The Kier molecular flexibility index (Phi) is 5.28. The van der Waals surface area contributed by atoms with Crippen LogP contribution in [0, 0.1) is 27.7 Å². The van der Waals surface area contributed by atoms with Crippen LogP contribution < -0.4 is 0 Å². The van der Waals surface area contributed by atoms with Crippen LogP contribution in [0.5, 0.6) is 0 Å². The normalized spacial score (nSPS) is 12.3. The van der Waals surface area contributed by atoms with Crippen molar-refractivity contribution in [1.82, 2.24) is 0 Å². The molecule has 0 fully saturated rings. The first kappa shape index (κ1) is 16.8. The van der Waals surface area contributed by atoms with Crippen LogP contribution >= 0.6 is 23.9 Å². The van der Waals surface area contributed by atoms with E-state index in [1.165, 1.54) is 54.5 Å². The van der Waals surface area contributed by atoms with Gasteiger partial charge in [-0.1, -0.05) is 28.5 Å². The highest BCUT2D eigenvalue weighted by molar-refractivity contribution is 7.56. The van der Waals surface area contributed by atoms with Gasteiger partial charge in [0.2, 0.25) is 0 Å². The number of hydrogen-bond acceptors (Lipinski definition) is 0. The van der Waals surface area contributed by atoms with E-state index in [-0.39, 0.29) is 7.53 Å². The van der Waals surface area contributed by atoms with Gasteiger partial charge in [-0.15, -0.1) is 0 Å². The summed E-state index contributed by atoms with van der Waals surface area (Å²) in [6.07, 6.45) is 1.07. The van der Waals surface area contributed by atoms with Gasteiger partial charge in [-0.2, -0.15) is 0 Å². The van der Waals surface area contributed by atoms with Crippen LogP contribution in [0.25, 0.3) is 5.30 Å². The van der Waals surface area contributed by atoms with Crippen molar-refractivity contribution >= 4 is 23.9 Å². The van der Waals surface area contributed by atoms with Crippen molar-refractivity contribution in [3.63, 3.8) is 0 Å². The molecule has 0 spiro atoms. The molecule has 0 saturated carbocycles. The van der Waals surface area contributed by atoms with Crippen LogP contribution in [-0.4, -0.2) is 0 Å². The van der Waals surface area contributed by atoms with Gasteiger partial charge < -0.3 is 0 Å². The van der Waals surface area contributed by atoms with E-state index in [4.69, 9.17) is 0 Å². The van der Waals surface area contributed by atoms with Gasteiger partial charge in [-0.3, -0.25) is 0 Å². The quantitative estimate of drug-likeness (QED) is 0.447. The molecule has 0 radical (unpaired) electrons. The highest BCUT2D eigenvalue weighted by atomic mass is 31.1. The third-order valence-corrected chi connectivity index (χ3v) is 8.77. The summed E-state index contributed by atoms with van der Waals surface area (Å²) in [5.41, 5.74) is 5.76. The predicted octanol–water partition coefficient (Wildman–Crippen LogP) is 7.93. The first-order valence-corrected chi connectivity index (χ1v) is 11.3. The third kappa shape index (κ3) is 3.89. The van der Waals surface area contributed by atoms with E-state index in [1.807, 2.05) is 0 Å². The molecule has 0 aliphatic carbocycles. The van der Waals surface area contributed by atoms with Crippen molar-refractivity contribution in [1.29, 1.82) is 0 Å². The lowest BCUT2D eigenvalue weighted by molar-refractivity contribution is 1.19. The fourth-order valence-corrected chi connectivity index (χ4v) is 6.86. The second-order valence-electron chi connectivity index (χ2n) is 6.10. The van der Waals surface area contributed by atoms with Crippen molar-refractivity contribution in [2.75, 3.05) is 0 Å². The molecule has 0 aromatic carbocycles. The highest BCUT2D eigenvalue weighted by Gasteiger charge is 2.15. The van der Waals surface area contributed by atoms with Gasteiger partial charge in [-0.05, 0) is 79.0 Å². The van der Waals surface area contributed by atoms with Gasteiger partial charge in [0.25, 0.3) is 0 Å². The molecule has 0 nitrogen and oxygen atoms in total. The summed E-state index contributed by atoms with van der Waals surface area (Å²) in [7, 11) is 2.44. The molecule has 0 saturated heterocycles. The molecule has 1 unspecified atom stereocenters. The van der Waals surface area contributed by atoms with Crippen LogP contribution in [-0.2, 0) is 6.42 Å². The summed E-state index contributed by atoms with van der Waals surface area (Å²) in [5.74, 6) is 9.48. The first-order valence-electron chi connectivity index (χ1n) is 7.89. The monoisotopic (exact) mass is 355 g/mol. The lowest BCUT2D eigenvalue weighted by Gasteiger charge is -2.07. The molecular formula is C20H22P3+. The molecular weight excluding hydrogens is 333 g/mol. The van der Waals surface area contributed by atoms with Gasteiger partial charge in [0.05, 0.1) is 0 Å².